The molecule has 0 amide bonds. The average molecular weight is 208 g/mol. The number of rotatable bonds is 1. The van der Waals surface area contributed by atoms with Crippen molar-refractivity contribution in [3.63, 3.8) is 0 Å². The quantitative estimate of drug-likeness (QED) is 0.720. The summed E-state index contributed by atoms with van der Waals surface area (Å²) in [5.74, 6) is 0.753. The van der Waals surface area contributed by atoms with Crippen LogP contribution in [-0.2, 0) is 0 Å². The van der Waals surface area contributed by atoms with Crippen LogP contribution in [0, 0.1) is 13.8 Å². The van der Waals surface area contributed by atoms with Crippen molar-refractivity contribution in [1.82, 2.24) is 14.8 Å². The van der Waals surface area contributed by atoms with Crippen LogP contribution in [0.15, 0.2) is 24.4 Å². The summed E-state index contributed by atoms with van der Waals surface area (Å²) in [5, 5.41) is 4.83. The third-order valence-corrected chi connectivity index (χ3v) is 2.18. The largest absolute Gasteiger partial charge is 0.237 e. The monoisotopic (exact) mass is 207 g/mol. The Kier molecular flexibility index (Phi) is 2.25. The summed E-state index contributed by atoms with van der Waals surface area (Å²) >= 11 is 5.99. The Morgan fingerprint density at radius 1 is 1.29 bits per heavy atom. The first-order valence-corrected chi connectivity index (χ1v) is 4.70. The zero-order valence-corrected chi connectivity index (χ0v) is 8.78. The molecule has 0 spiro atoms. The maximum absolute atomic E-state index is 5.99. The molecule has 2 heterocycles. The van der Waals surface area contributed by atoms with Crippen LogP contribution in [0.3, 0.4) is 0 Å². The second-order valence-electron chi connectivity index (χ2n) is 3.21. The summed E-state index contributed by atoms with van der Waals surface area (Å²) in [6.07, 6.45) is 1.75. The maximum atomic E-state index is 5.99. The van der Waals surface area contributed by atoms with Gasteiger partial charge in [-0.15, -0.1) is 0 Å². The highest BCUT2D eigenvalue weighted by Crippen LogP contribution is 2.15. The zero-order valence-electron chi connectivity index (χ0n) is 8.03. The smallest absolute Gasteiger partial charge is 0.155 e. The first-order valence-electron chi connectivity index (χ1n) is 4.32. The molecule has 0 saturated heterocycles. The van der Waals surface area contributed by atoms with Gasteiger partial charge in [0.25, 0.3) is 0 Å². The van der Waals surface area contributed by atoms with Crippen LogP contribution in [0.25, 0.3) is 5.82 Å². The molecule has 0 saturated carbocycles. The summed E-state index contributed by atoms with van der Waals surface area (Å²) in [5.41, 5.74) is 2.03. The van der Waals surface area contributed by atoms with Gasteiger partial charge in [-0.3, -0.25) is 0 Å². The van der Waals surface area contributed by atoms with Crippen LogP contribution in [0.1, 0.15) is 11.3 Å². The number of pyridine rings is 1. The molecule has 0 bridgehead atoms. The Hall–Kier alpha value is -1.35. The van der Waals surface area contributed by atoms with E-state index in [1.165, 1.54) is 0 Å². The second kappa shape index (κ2) is 3.42. The van der Waals surface area contributed by atoms with Crippen LogP contribution < -0.4 is 0 Å². The van der Waals surface area contributed by atoms with E-state index in [9.17, 15) is 0 Å². The van der Waals surface area contributed by atoms with Crippen molar-refractivity contribution in [2.75, 3.05) is 0 Å². The van der Waals surface area contributed by atoms with Crippen LogP contribution in [0.5, 0.6) is 0 Å². The topological polar surface area (TPSA) is 30.7 Å². The van der Waals surface area contributed by atoms with Gasteiger partial charge in [-0.05, 0) is 37.6 Å². The van der Waals surface area contributed by atoms with E-state index in [2.05, 4.69) is 10.1 Å². The number of halogens is 1. The van der Waals surface area contributed by atoms with E-state index in [0.29, 0.717) is 5.15 Å². The van der Waals surface area contributed by atoms with Crippen molar-refractivity contribution in [1.29, 1.82) is 0 Å². The molecular formula is C10H10ClN3. The van der Waals surface area contributed by atoms with E-state index < -0.39 is 0 Å². The predicted octanol–water partition coefficient (Wildman–Crippen LogP) is 2.54. The zero-order chi connectivity index (χ0) is 10.1. The number of hydrogen-bond acceptors (Lipinski definition) is 2. The van der Waals surface area contributed by atoms with E-state index in [1.807, 2.05) is 32.0 Å². The molecule has 0 fully saturated rings. The van der Waals surface area contributed by atoms with Crippen molar-refractivity contribution in [2.45, 2.75) is 13.8 Å². The van der Waals surface area contributed by atoms with Crippen LogP contribution in [-0.4, -0.2) is 14.8 Å². The first kappa shape index (κ1) is 9.21. The van der Waals surface area contributed by atoms with Gasteiger partial charge in [0.15, 0.2) is 5.82 Å². The summed E-state index contributed by atoms with van der Waals surface area (Å²) in [7, 11) is 0. The molecule has 14 heavy (non-hydrogen) atoms. The summed E-state index contributed by atoms with van der Waals surface area (Å²) in [6, 6.07) is 5.69. The van der Waals surface area contributed by atoms with Gasteiger partial charge >= 0.3 is 0 Å². The fraction of sp³-hybridized carbons (Fsp3) is 0.200. The molecule has 0 unspecified atom stereocenters. The fourth-order valence-electron chi connectivity index (χ4n) is 1.26. The van der Waals surface area contributed by atoms with Crippen molar-refractivity contribution in [3.8, 4) is 5.82 Å². The molecule has 4 heteroatoms. The minimum Gasteiger partial charge on any atom is -0.237 e. The number of aryl methyl sites for hydroxylation is 2. The van der Waals surface area contributed by atoms with Crippen molar-refractivity contribution in [3.05, 3.63) is 40.8 Å². The summed E-state index contributed by atoms with van der Waals surface area (Å²) in [4.78, 5) is 4.20. The van der Waals surface area contributed by atoms with Crippen LogP contribution in [0.2, 0.25) is 5.15 Å². The lowest BCUT2D eigenvalue weighted by Crippen LogP contribution is -1.99. The number of hydrogen-bond donors (Lipinski definition) is 0. The SMILES string of the molecule is Cc1ccnc(-n2nc(C)cc2Cl)c1. The molecule has 0 aliphatic rings. The molecule has 2 aromatic heterocycles. The Balaban J connectivity index is 2.54. The average Bonchev–Trinajstić information content (AvgIpc) is 2.45. The predicted molar refractivity (Wildman–Crippen MR) is 55.8 cm³/mol. The van der Waals surface area contributed by atoms with Crippen molar-refractivity contribution in [2.24, 2.45) is 0 Å². The van der Waals surface area contributed by atoms with E-state index >= 15 is 0 Å². The van der Waals surface area contributed by atoms with E-state index in [1.54, 1.807) is 10.9 Å². The lowest BCUT2D eigenvalue weighted by molar-refractivity contribution is 0.831. The molecule has 0 radical (unpaired) electrons. The van der Waals surface area contributed by atoms with E-state index in [4.69, 9.17) is 11.6 Å². The van der Waals surface area contributed by atoms with E-state index in [0.717, 1.165) is 17.1 Å². The fourth-order valence-corrected chi connectivity index (χ4v) is 1.55. The van der Waals surface area contributed by atoms with E-state index in [-0.39, 0.29) is 0 Å². The Bertz CT molecular complexity index is 462. The van der Waals surface area contributed by atoms with Crippen molar-refractivity contribution < 1.29 is 0 Å². The van der Waals surface area contributed by atoms with Crippen molar-refractivity contribution >= 4 is 11.6 Å². The Labute approximate surface area is 87.3 Å². The highest BCUT2D eigenvalue weighted by molar-refractivity contribution is 6.29. The van der Waals surface area contributed by atoms with Gasteiger partial charge < -0.3 is 0 Å². The molecule has 72 valence electrons. The van der Waals surface area contributed by atoms with Gasteiger partial charge in [0.05, 0.1) is 5.69 Å². The van der Waals surface area contributed by atoms with Gasteiger partial charge in [0, 0.05) is 6.20 Å². The molecule has 3 nitrogen and oxygen atoms in total. The minimum absolute atomic E-state index is 0.584. The third-order valence-electron chi connectivity index (χ3n) is 1.91. The molecule has 0 atom stereocenters. The normalized spacial score (nSPS) is 10.5. The van der Waals surface area contributed by atoms with Crippen LogP contribution >= 0.6 is 11.6 Å². The summed E-state index contributed by atoms with van der Waals surface area (Å²) < 4.78 is 1.63. The van der Waals surface area contributed by atoms with Crippen LogP contribution in [0.4, 0.5) is 0 Å². The van der Waals surface area contributed by atoms with Gasteiger partial charge in [0.2, 0.25) is 0 Å². The summed E-state index contributed by atoms with van der Waals surface area (Å²) in [6.45, 7) is 3.91. The molecule has 0 aliphatic carbocycles. The molecular weight excluding hydrogens is 198 g/mol. The standard InChI is InChI=1S/C10H10ClN3/c1-7-3-4-12-10(5-7)14-9(11)6-8(2)13-14/h3-6H,1-2H3. The molecule has 0 aromatic carbocycles. The second-order valence-corrected chi connectivity index (χ2v) is 3.60. The molecule has 0 aliphatic heterocycles. The van der Waals surface area contributed by atoms with Gasteiger partial charge in [-0.25, -0.2) is 9.67 Å². The highest BCUT2D eigenvalue weighted by Gasteiger charge is 2.05. The molecule has 0 N–H and O–H groups in total. The molecule has 2 aromatic rings. The van der Waals surface area contributed by atoms with Gasteiger partial charge in [-0.2, -0.15) is 5.10 Å². The Morgan fingerprint density at radius 3 is 2.64 bits per heavy atom. The lowest BCUT2D eigenvalue weighted by Gasteiger charge is -2.01. The molecule has 2 rings (SSSR count). The first-order chi connectivity index (χ1) is 6.66. The minimum atomic E-state index is 0.584. The highest BCUT2D eigenvalue weighted by atomic mass is 35.5. The lowest BCUT2D eigenvalue weighted by atomic mass is 10.3. The van der Waals surface area contributed by atoms with Gasteiger partial charge in [-0.1, -0.05) is 11.6 Å². The Morgan fingerprint density at radius 2 is 2.07 bits per heavy atom. The maximum Gasteiger partial charge on any atom is 0.155 e. The number of aromatic nitrogens is 3. The third kappa shape index (κ3) is 1.63. The number of nitrogens with zero attached hydrogens (tertiary/aromatic N) is 3. The van der Waals surface area contributed by atoms with Gasteiger partial charge in [0.1, 0.15) is 5.15 Å².